The maximum atomic E-state index is 14.2. The second-order valence-electron chi connectivity index (χ2n) is 15.2. The molecule has 0 spiro atoms. The van der Waals surface area contributed by atoms with Crippen LogP contribution in [0.15, 0.2) is 164 Å². The third-order valence-electron chi connectivity index (χ3n) is 11.7. The Morgan fingerprint density at radius 2 is 1.22 bits per heavy atom. The number of methoxy groups -OCH3 is 1. The Balaban J connectivity index is 1.05. The summed E-state index contributed by atoms with van der Waals surface area (Å²) in [6.07, 6.45) is 0. The van der Waals surface area contributed by atoms with Crippen molar-refractivity contribution in [1.29, 1.82) is 0 Å². The van der Waals surface area contributed by atoms with E-state index >= 15 is 0 Å². The van der Waals surface area contributed by atoms with Gasteiger partial charge in [0.1, 0.15) is 23.1 Å². The SMILES string of the molecule is COc1ccc(-c2nn(-c3cccc(C(c4ccccc4)N4CCn5c(nnc5-c5cccc(F)c5)C4)c3)c3[n+]2CCN(C(c2ccccc2)c2ccccc2)C3)cc1. The van der Waals surface area contributed by atoms with Gasteiger partial charge in [-0.05, 0) is 70.8 Å². The zero-order chi connectivity index (χ0) is 39.7. The minimum absolute atomic E-state index is 0.0589. The monoisotopic (exact) mass is 779 g/mol. The van der Waals surface area contributed by atoms with Crippen molar-refractivity contribution < 1.29 is 13.7 Å². The van der Waals surface area contributed by atoms with Crippen molar-refractivity contribution in [2.24, 2.45) is 0 Å². The van der Waals surface area contributed by atoms with E-state index in [1.54, 1.807) is 13.2 Å². The Kier molecular flexibility index (Phi) is 9.85. The fourth-order valence-electron chi connectivity index (χ4n) is 8.90. The summed E-state index contributed by atoms with van der Waals surface area (Å²) in [6, 6.07) is 55.9. The van der Waals surface area contributed by atoms with Gasteiger partial charge in [-0.25, -0.2) is 8.96 Å². The molecule has 0 radical (unpaired) electrons. The van der Waals surface area contributed by atoms with Crippen LogP contribution in [-0.4, -0.2) is 54.5 Å². The number of hydrogen-bond donors (Lipinski definition) is 0. The summed E-state index contributed by atoms with van der Waals surface area (Å²) in [4.78, 5) is 5.05. The van der Waals surface area contributed by atoms with E-state index in [1.807, 2.05) is 18.2 Å². The molecule has 10 heteroatoms. The van der Waals surface area contributed by atoms with Gasteiger partial charge in [0.05, 0.1) is 49.5 Å². The lowest BCUT2D eigenvalue weighted by molar-refractivity contribution is -0.702. The van der Waals surface area contributed by atoms with E-state index in [9.17, 15) is 4.39 Å². The number of hydrogen-bond acceptors (Lipinski definition) is 6. The van der Waals surface area contributed by atoms with Gasteiger partial charge < -0.3 is 9.30 Å². The first-order valence-corrected chi connectivity index (χ1v) is 20.2. The summed E-state index contributed by atoms with van der Waals surface area (Å²) in [5.41, 5.74) is 7.65. The molecule has 0 fully saturated rings. The third kappa shape index (κ3) is 7.11. The average Bonchev–Trinajstić information content (AvgIpc) is 3.90. The smallest absolute Gasteiger partial charge is 0.309 e. The van der Waals surface area contributed by atoms with E-state index in [-0.39, 0.29) is 17.9 Å². The van der Waals surface area contributed by atoms with Crippen molar-refractivity contribution in [1.82, 2.24) is 34.3 Å². The topological polar surface area (TPSA) is 68.1 Å². The molecule has 0 amide bonds. The average molecular weight is 780 g/mol. The third-order valence-corrected chi connectivity index (χ3v) is 11.7. The summed E-state index contributed by atoms with van der Waals surface area (Å²) in [6.45, 7) is 4.38. The predicted octanol–water partition coefficient (Wildman–Crippen LogP) is 8.44. The number of rotatable bonds is 10. The van der Waals surface area contributed by atoms with E-state index in [0.29, 0.717) is 25.5 Å². The van der Waals surface area contributed by atoms with Crippen LogP contribution in [0.5, 0.6) is 5.75 Å². The Bertz CT molecular complexity index is 2660. The molecule has 0 saturated carbocycles. The molecule has 8 aromatic rings. The molecule has 292 valence electrons. The minimum Gasteiger partial charge on any atom is -0.497 e. The van der Waals surface area contributed by atoms with E-state index in [0.717, 1.165) is 65.2 Å². The fraction of sp³-hybridized carbons (Fsp3) is 0.184. The molecule has 59 heavy (non-hydrogen) atoms. The van der Waals surface area contributed by atoms with Gasteiger partial charge in [0.15, 0.2) is 5.82 Å². The standard InChI is InChI=1S/C49H44FN8O/c1-59-43-25-23-38(24-26-43)49-53-58(45-34-55(28-30-57(45)49)46(35-13-5-2-6-14-35)36-15-7-3-8-16-36)42-22-12-19-39(32-42)47(37-17-9-4-10-18-37)54-27-29-56-44(33-54)51-52-48(56)40-20-11-21-41(50)31-40/h2-26,31-32,46-47H,27-30,33-34H2,1H3/q+1. The molecule has 9 nitrogen and oxygen atoms in total. The highest BCUT2D eigenvalue weighted by atomic mass is 19.1. The summed E-state index contributed by atoms with van der Waals surface area (Å²) in [5.74, 6) is 4.13. The maximum Gasteiger partial charge on any atom is 0.309 e. The van der Waals surface area contributed by atoms with Crippen LogP contribution in [-0.2, 0) is 26.2 Å². The van der Waals surface area contributed by atoms with Crippen LogP contribution >= 0.6 is 0 Å². The van der Waals surface area contributed by atoms with Crippen molar-refractivity contribution in [3.8, 4) is 34.2 Å². The predicted molar refractivity (Wildman–Crippen MR) is 225 cm³/mol. The van der Waals surface area contributed by atoms with Crippen LogP contribution in [0.2, 0.25) is 0 Å². The normalized spacial score (nSPS) is 14.8. The molecule has 1 unspecified atom stereocenters. The van der Waals surface area contributed by atoms with Gasteiger partial charge in [-0.1, -0.05) is 120 Å². The maximum absolute atomic E-state index is 14.2. The fourth-order valence-corrected chi connectivity index (χ4v) is 8.90. The molecule has 6 aromatic carbocycles. The van der Waals surface area contributed by atoms with Gasteiger partial charge in [-0.2, -0.15) is 0 Å². The van der Waals surface area contributed by atoms with E-state index in [1.165, 1.54) is 28.8 Å². The highest BCUT2D eigenvalue weighted by Gasteiger charge is 2.37. The summed E-state index contributed by atoms with van der Waals surface area (Å²) < 4.78 is 26.4. The first-order valence-electron chi connectivity index (χ1n) is 20.2. The Morgan fingerprint density at radius 3 is 1.88 bits per heavy atom. The zero-order valence-electron chi connectivity index (χ0n) is 32.8. The van der Waals surface area contributed by atoms with Crippen LogP contribution < -0.4 is 9.30 Å². The highest BCUT2D eigenvalue weighted by molar-refractivity contribution is 5.56. The van der Waals surface area contributed by atoms with Gasteiger partial charge in [0.2, 0.25) is 0 Å². The van der Waals surface area contributed by atoms with Crippen LogP contribution in [0, 0.1) is 5.82 Å². The molecule has 1 atom stereocenters. The van der Waals surface area contributed by atoms with Gasteiger partial charge in [-0.3, -0.25) is 9.80 Å². The number of fused-ring (bicyclic) bond motifs is 2. The Morgan fingerprint density at radius 1 is 0.593 bits per heavy atom. The number of aromatic nitrogens is 6. The van der Waals surface area contributed by atoms with Gasteiger partial charge in [-0.15, -0.1) is 10.2 Å². The Labute approximate surface area is 343 Å². The van der Waals surface area contributed by atoms with Crippen molar-refractivity contribution in [2.75, 3.05) is 20.2 Å². The molecule has 0 saturated heterocycles. The number of benzene rings is 6. The number of nitrogens with zero attached hydrogens (tertiary/aromatic N) is 8. The molecule has 0 aliphatic carbocycles. The lowest BCUT2D eigenvalue weighted by atomic mass is 9.96. The largest absolute Gasteiger partial charge is 0.497 e. The van der Waals surface area contributed by atoms with E-state index in [2.05, 4.69) is 161 Å². The molecule has 4 heterocycles. The molecule has 2 aromatic heterocycles. The first-order chi connectivity index (χ1) is 29.1. The lowest BCUT2D eigenvalue weighted by Gasteiger charge is -2.35. The van der Waals surface area contributed by atoms with Gasteiger partial charge in [0, 0.05) is 25.2 Å². The van der Waals surface area contributed by atoms with Gasteiger partial charge in [0.25, 0.3) is 5.82 Å². The van der Waals surface area contributed by atoms with Crippen molar-refractivity contribution >= 4 is 0 Å². The zero-order valence-corrected chi connectivity index (χ0v) is 32.8. The quantitative estimate of drug-likeness (QED) is 0.130. The summed E-state index contributed by atoms with van der Waals surface area (Å²) >= 11 is 0. The van der Waals surface area contributed by atoms with Crippen molar-refractivity contribution in [3.05, 3.63) is 204 Å². The number of halogens is 1. The van der Waals surface area contributed by atoms with E-state index < -0.39 is 0 Å². The first kappa shape index (κ1) is 36.6. The number of ether oxygens (including phenoxy) is 1. The Hall–Kier alpha value is -6.75. The molecular formula is C49H44FN8O+. The molecule has 0 N–H and O–H groups in total. The van der Waals surface area contributed by atoms with E-state index in [4.69, 9.17) is 9.84 Å². The van der Waals surface area contributed by atoms with Gasteiger partial charge >= 0.3 is 5.82 Å². The lowest BCUT2D eigenvalue weighted by Crippen LogP contribution is -2.52. The molecular weight excluding hydrogens is 736 g/mol. The second kappa shape index (κ2) is 15.9. The van der Waals surface area contributed by atoms with Crippen molar-refractivity contribution in [3.63, 3.8) is 0 Å². The van der Waals surface area contributed by atoms with Crippen LogP contribution in [0.3, 0.4) is 0 Å². The molecule has 10 rings (SSSR count). The minimum atomic E-state index is -0.283. The van der Waals surface area contributed by atoms with Crippen LogP contribution in [0.4, 0.5) is 4.39 Å². The van der Waals surface area contributed by atoms with Crippen LogP contribution in [0.25, 0.3) is 28.5 Å². The summed E-state index contributed by atoms with van der Waals surface area (Å²) in [5, 5.41) is 14.6. The highest BCUT2D eigenvalue weighted by Crippen LogP contribution is 2.36. The molecule has 2 aliphatic heterocycles. The van der Waals surface area contributed by atoms with Crippen molar-refractivity contribution in [2.45, 2.75) is 38.3 Å². The molecule has 0 bridgehead atoms. The summed E-state index contributed by atoms with van der Waals surface area (Å²) in [7, 11) is 1.69. The second-order valence-corrected chi connectivity index (χ2v) is 15.2. The molecule has 2 aliphatic rings. The van der Waals surface area contributed by atoms with Crippen LogP contribution in [0.1, 0.15) is 46.0 Å².